The van der Waals surface area contributed by atoms with Gasteiger partial charge in [0, 0.05) is 0 Å². The summed E-state index contributed by atoms with van der Waals surface area (Å²) in [7, 11) is 0. The molecule has 0 radical (unpaired) electrons. The molecule has 27 heavy (non-hydrogen) atoms. The molecular weight excluding hydrogens is 340 g/mol. The van der Waals surface area contributed by atoms with Crippen LogP contribution in [0, 0.1) is 46.3 Å². The van der Waals surface area contributed by atoms with Gasteiger partial charge in [0.2, 0.25) is 0 Å². The summed E-state index contributed by atoms with van der Waals surface area (Å²) in [5, 5.41) is 41.1. The third-order valence-corrected chi connectivity index (χ3v) is 10.2. The monoisotopic (exact) mass is 380 g/mol. The van der Waals surface area contributed by atoms with E-state index in [1.54, 1.807) is 0 Å². The molecule has 0 aromatic rings. The zero-order valence-electron chi connectivity index (χ0n) is 17.3. The van der Waals surface area contributed by atoms with Crippen LogP contribution < -0.4 is 0 Å². The maximum absolute atomic E-state index is 11.2. The Balaban J connectivity index is 1.61. The quantitative estimate of drug-likeness (QED) is 0.607. The topological polar surface area (TPSA) is 80.9 Å². The Morgan fingerprint density at radius 2 is 1.59 bits per heavy atom. The summed E-state index contributed by atoms with van der Waals surface area (Å²) in [5.41, 5.74) is 0.424. The minimum atomic E-state index is -0.638. The first-order valence-electron chi connectivity index (χ1n) is 11.4. The van der Waals surface area contributed by atoms with Crippen LogP contribution in [0.5, 0.6) is 0 Å². The van der Waals surface area contributed by atoms with Gasteiger partial charge in [0.15, 0.2) is 0 Å². The van der Waals surface area contributed by atoms with Gasteiger partial charge in [-0.1, -0.05) is 20.8 Å². The molecule has 0 spiro atoms. The van der Waals surface area contributed by atoms with Gasteiger partial charge in [-0.15, -0.1) is 0 Å². The van der Waals surface area contributed by atoms with E-state index in [1.165, 1.54) is 6.42 Å². The van der Waals surface area contributed by atoms with Crippen LogP contribution in [0.4, 0.5) is 0 Å². The maximum Gasteiger partial charge on any atom is 0.0799 e. The van der Waals surface area contributed by atoms with Crippen molar-refractivity contribution in [2.75, 3.05) is 6.61 Å². The molecule has 4 aliphatic rings. The van der Waals surface area contributed by atoms with Crippen molar-refractivity contribution in [2.24, 2.45) is 46.3 Å². The summed E-state index contributed by atoms with van der Waals surface area (Å²) in [6.45, 7) is 6.79. The fraction of sp³-hybridized carbons (Fsp3) is 1.00. The predicted molar refractivity (Wildman–Crippen MR) is 105 cm³/mol. The van der Waals surface area contributed by atoms with Crippen molar-refractivity contribution in [3.63, 3.8) is 0 Å². The SMILES string of the molecule is C[C@H](C(O)CO)[C@H]1CC[C@H]2[C@@H]3[C@H](O)C[C@@H]4C[C@H](O)CC[C@]4(C)[C@H]3CC[C@]12C. The summed E-state index contributed by atoms with van der Waals surface area (Å²) >= 11 is 0. The summed E-state index contributed by atoms with van der Waals surface area (Å²) in [6.07, 6.45) is 7.23. The molecule has 0 aromatic heterocycles. The first kappa shape index (κ1) is 20.1. The lowest BCUT2D eigenvalue weighted by Gasteiger charge is -2.62. The highest BCUT2D eigenvalue weighted by molar-refractivity contribution is 5.12. The molecule has 4 fully saturated rings. The summed E-state index contributed by atoms with van der Waals surface area (Å²) in [5.74, 6) is 2.44. The second-order valence-electron chi connectivity index (χ2n) is 11.1. The summed E-state index contributed by atoms with van der Waals surface area (Å²) < 4.78 is 0. The fourth-order valence-electron chi connectivity index (χ4n) is 8.54. The van der Waals surface area contributed by atoms with Crippen LogP contribution in [-0.2, 0) is 0 Å². The van der Waals surface area contributed by atoms with E-state index in [-0.39, 0.29) is 35.6 Å². The molecule has 4 heteroatoms. The van der Waals surface area contributed by atoms with E-state index in [9.17, 15) is 20.4 Å². The second-order valence-corrected chi connectivity index (χ2v) is 11.1. The van der Waals surface area contributed by atoms with Gasteiger partial charge >= 0.3 is 0 Å². The molecule has 0 aliphatic heterocycles. The molecule has 4 rings (SSSR count). The highest BCUT2D eigenvalue weighted by Crippen LogP contribution is 2.68. The van der Waals surface area contributed by atoms with Crippen molar-refractivity contribution < 1.29 is 20.4 Å². The van der Waals surface area contributed by atoms with Gasteiger partial charge in [-0.3, -0.25) is 0 Å². The Hall–Kier alpha value is -0.160. The van der Waals surface area contributed by atoms with Crippen LogP contribution in [0.1, 0.15) is 72.1 Å². The Labute approximate surface area is 164 Å². The van der Waals surface area contributed by atoms with Gasteiger partial charge in [0.1, 0.15) is 0 Å². The standard InChI is InChI=1S/C23H40O4/c1-13(20(27)12-24)16-4-5-17-21-18(7-9-23(16,17)3)22(2)8-6-15(25)10-14(22)11-19(21)26/h13-21,24-27H,4-12H2,1-3H3/t13-,14-,15+,16+,17-,18-,19+,20?,21-,22-,23+/m0/s1. The van der Waals surface area contributed by atoms with E-state index >= 15 is 0 Å². The lowest BCUT2D eigenvalue weighted by atomic mass is 9.43. The maximum atomic E-state index is 11.2. The minimum Gasteiger partial charge on any atom is -0.394 e. The summed E-state index contributed by atoms with van der Waals surface area (Å²) in [4.78, 5) is 0. The molecule has 4 nitrogen and oxygen atoms in total. The smallest absolute Gasteiger partial charge is 0.0799 e. The van der Waals surface area contributed by atoms with Gasteiger partial charge in [0.05, 0.1) is 24.9 Å². The number of aliphatic hydroxyl groups is 4. The van der Waals surface area contributed by atoms with Crippen LogP contribution >= 0.6 is 0 Å². The van der Waals surface area contributed by atoms with Crippen LogP contribution in [0.3, 0.4) is 0 Å². The fourth-order valence-corrected chi connectivity index (χ4v) is 8.54. The van der Waals surface area contributed by atoms with Gasteiger partial charge in [-0.2, -0.15) is 0 Å². The van der Waals surface area contributed by atoms with Crippen molar-refractivity contribution in [1.29, 1.82) is 0 Å². The predicted octanol–water partition coefficient (Wildman–Crippen LogP) is 2.97. The Morgan fingerprint density at radius 1 is 0.926 bits per heavy atom. The number of hydrogen-bond donors (Lipinski definition) is 4. The molecular formula is C23H40O4. The molecule has 156 valence electrons. The van der Waals surface area contributed by atoms with E-state index in [2.05, 4.69) is 20.8 Å². The van der Waals surface area contributed by atoms with Crippen molar-refractivity contribution in [3.05, 3.63) is 0 Å². The first-order valence-corrected chi connectivity index (χ1v) is 11.4. The lowest BCUT2D eigenvalue weighted by molar-refractivity contribution is -0.176. The molecule has 11 atom stereocenters. The molecule has 0 saturated heterocycles. The third-order valence-electron chi connectivity index (χ3n) is 10.2. The molecule has 0 aromatic carbocycles. The van der Waals surface area contributed by atoms with Crippen LogP contribution in [0.2, 0.25) is 0 Å². The van der Waals surface area contributed by atoms with E-state index in [0.717, 1.165) is 44.9 Å². The first-order chi connectivity index (χ1) is 12.7. The van der Waals surface area contributed by atoms with Gasteiger partial charge in [-0.25, -0.2) is 0 Å². The van der Waals surface area contributed by atoms with Crippen molar-refractivity contribution in [2.45, 2.75) is 90.4 Å². The normalized spacial score (nSPS) is 54.6. The zero-order chi connectivity index (χ0) is 19.6. The second kappa shape index (κ2) is 6.97. The number of hydrogen-bond acceptors (Lipinski definition) is 4. The van der Waals surface area contributed by atoms with Crippen molar-refractivity contribution in [1.82, 2.24) is 0 Å². The number of fused-ring (bicyclic) bond motifs is 5. The summed E-state index contributed by atoms with van der Waals surface area (Å²) in [6, 6.07) is 0. The highest BCUT2D eigenvalue weighted by Gasteiger charge is 2.63. The van der Waals surface area contributed by atoms with E-state index in [4.69, 9.17) is 0 Å². The third kappa shape index (κ3) is 2.93. The molecule has 4 saturated carbocycles. The molecule has 4 aliphatic carbocycles. The van der Waals surface area contributed by atoms with Gasteiger partial charge < -0.3 is 20.4 Å². The molecule has 4 N–H and O–H groups in total. The Morgan fingerprint density at radius 3 is 2.30 bits per heavy atom. The highest BCUT2D eigenvalue weighted by atomic mass is 16.3. The number of rotatable bonds is 3. The Bertz CT molecular complexity index is 552. The van der Waals surface area contributed by atoms with E-state index in [0.29, 0.717) is 29.6 Å². The van der Waals surface area contributed by atoms with E-state index < -0.39 is 6.10 Å². The molecule has 0 bridgehead atoms. The molecule has 0 amide bonds. The largest absolute Gasteiger partial charge is 0.394 e. The van der Waals surface area contributed by atoms with Gasteiger partial charge in [0.25, 0.3) is 0 Å². The average Bonchev–Trinajstić information content (AvgIpc) is 2.99. The van der Waals surface area contributed by atoms with Crippen LogP contribution in [0.15, 0.2) is 0 Å². The van der Waals surface area contributed by atoms with Crippen molar-refractivity contribution >= 4 is 0 Å². The average molecular weight is 381 g/mol. The van der Waals surface area contributed by atoms with Crippen LogP contribution in [-0.4, -0.2) is 45.3 Å². The molecule has 0 heterocycles. The lowest BCUT2D eigenvalue weighted by Crippen LogP contribution is -2.58. The molecule has 1 unspecified atom stereocenters. The van der Waals surface area contributed by atoms with Crippen molar-refractivity contribution in [3.8, 4) is 0 Å². The van der Waals surface area contributed by atoms with Crippen LogP contribution in [0.25, 0.3) is 0 Å². The zero-order valence-corrected chi connectivity index (χ0v) is 17.3. The van der Waals surface area contributed by atoms with Gasteiger partial charge in [-0.05, 0) is 97.7 Å². The Kier molecular flexibility index (Phi) is 5.19. The number of aliphatic hydroxyl groups excluding tert-OH is 4. The minimum absolute atomic E-state index is 0.107. The van der Waals surface area contributed by atoms with E-state index in [1.807, 2.05) is 0 Å².